The van der Waals surface area contributed by atoms with Crippen LogP contribution >= 0.6 is 0 Å². The van der Waals surface area contributed by atoms with E-state index in [9.17, 15) is 0 Å². The fourth-order valence-corrected chi connectivity index (χ4v) is 2.88. The predicted molar refractivity (Wildman–Crippen MR) is 80.3 cm³/mol. The first-order valence-corrected chi connectivity index (χ1v) is 7.88. The summed E-state index contributed by atoms with van der Waals surface area (Å²) in [5, 5.41) is 0. The van der Waals surface area contributed by atoms with Gasteiger partial charge in [-0.1, -0.05) is 74.1 Å². The molecule has 4 unspecified atom stereocenters. The summed E-state index contributed by atoms with van der Waals surface area (Å²) in [5.41, 5.74) is 0. The van der Waals surface area contributed by atoms with Gasteiger partial charge in [0, 0.05) is 0 Å². The average Bonchev–Trinajstić information content (AvgIpc) is 2.24. The Morgan fingerprint density at radius 3 is 1.76 bits per heavy atom. The van der Waals surface area contributed by atoms with Crippen LogP contribution in [0.3, 0.4) is 0 Å². The molecule has 0 aliphatic rings. The van der Waals surface area contributed by atoms with Crippen LogP contribution in [0.25, 0.3) is 0 Å². The smallest absolute Gasteiger partial charge is 0.0391 e. The first-order chi connectivity index (χ1) is 7.88. The highest BCUT2D eigenvalue weighted by atomic mass is 14.3. The Labute approximate surface area is 111 Å². The molecule has 0 heterocycles. The molecule has 17 heavy (non-hydrogen) atoms. The average molecular weight is 240 g/mol. The van der Waals surface area contributed by atoms with Crippen LogP contribution in [0.1, 0.15) is 80.6 Å². The molecule has 0 aromatic rings. The van der Waals surface area contributed by atoms with E-state index >= 15 is 0 Å². The highest BCUT2D eigenvalue weighted by Crippen LogP contribution is 2.30. The zero-order valence-corrected chi connectivity index (χ0v) is 13.4. The van der Waals surface area contributed by atoms with E-state index in [0.29, 0.717) is 0 Å². The molecule has 0 bridgehead atoms. The van der Waals surface area contributed by atoms with E-state index in [1.54, 1.807) is 0 Å². The molecule has 0 amide bonds. The number of rotatable bonds is 9. The van der Waals surface area contributed by atoms with Crippen LogP contribution in [0.5, 0.6) is 0 Å². The second-order valence-electron chi connectivity index (χ2n) is 6.91. The maximum Gasteiger partial charge on any atom is -0.0391 e. The first kappa shape index (κ1) is 17.0. The molecule has 0 aromatic carbocycles. The molecule has 0 fully saturated rings. The van der Waals surface area contributed by atoms with Crippen LogP contribution in [-0.4, -0.2) is 0 Å². The second-order valence-corrected chi connectivity index (χ2v) is 6.91. The molecule has 0 saturated carbocycles. The zero-order valence-electron chi connectivity index (χ0n) is 13.4. The minimum Gasteiger partial charge on any atom is -0.0654 e. The number of hydrogen-bond donors (Lipinski definition) is 0. The third-order valence-corrected chi connectivity index (χ3v) is 4.55. The quantitative estimate of drug-likeness (QED) is 0.453. The number of hydrogen-bond acceptors (Lipinski definition) is 0. The lowest BCUT2D eigenvalue weighted by molar-refractivity contribution is 0.220. The lowest BCUT2D eigenvalue weighted by Crippen LogP contribution is -2.19. The van der Waals surface area contributed by atoms with E-state index in [2.05, 4.69) is 48.5 Å². The summed E-state index contributed by atoms with van der Waals surface area (Å²) in [5.74, 6) is 4.43. The van der Waals surface area contributed by atoms with Gasteiger partial charge in [0.25, 0.3) is 0 Å². The molecule has 0 spiro atoms. The van der Waals surface area contributed by atoms with E-state index in [0.717, 1.165) is 29.6 Å². The molecule has 4 atom stereocenters. The van der Waals surface area contributed by atoms with Crippen molar-refractivity contribution in [2.45, 2.75) is 80.6 Å². The van der Waals surface area contributed by atoms with Crippen molar-refractivity contribution < 1.29 is 0 Å². The summed E-state index contributed by atoms with van der Waals surface area (Å²) >= 11 is 0. The highest BCUT2D eigenvalue weighted by molar-refractivity contribution is 4.71. The van der Waals surface area contributed by atoms with Gasteiger partial charge in [0.2, 0.25) is 0 Å². The molecular weight excluding hydrogens is 204 g/mol. The van der Waals surface area contributed by atoms with Crippen molar-refractivity contribution in [2.24, 2.45) is 29.6 Å². The van der Waals surface area contributed by atoms with E-state index in [1.165, 1.54) is 32.1 Å². The maximum atomic E-state index is 2.47. The third kappa shape index (κ3) is 7.84. The van der Waals surface area contributed by atoms with Gasteiger partial charge in [-0.2, -0.15) is 0 Å². The minimum atomic E-state index is 0.860. The van der Waals surface area contributed by atoms with Crippen molar-refractivity contribution in [3.8, 4) is 0 Å². The van der Waals surface area contributed by atoms with Gasteiger partial charge >= 0.3 is 0 Å². The van der Waals surface area contributed by atoms with E-state index in [4.69, 9.17) is 0 Å². The van der Waals surface area contributed by atoms with Crippen LogP contribution in [0, 0.1) is 29.6 Å². The Kier molecular flexibility index (Phi) is 9.00. The van der Waals surface area contributed by atoms with Gasteiger partial charge in [-0.3, -0.25) is 0 Å². The Morgan fingerprint density at radius 1 is 0.706 bits per heavy atom. The molecule has 0 heteroatoms. The summed E-state index contributed by atoms with van der Waals surface area (Å²) in [6.07, 6.45) is 6.96. The Morgan fingerprint density at radius 2 is 1.29 bits per heavy atom. The van der Waals surface area contributed by atoms with Crippen molar-refractivity contribution >= 4 is 0 Å². The largest absolute Gasteiger partial charge is 0.0654 e. The molecule has 0 N–H and O–H groups in total. The fraction of sp³-hybridized carbons (Fsp3) is 1.00. The lowest BCUT2D eigenvalue weighted by atomic mass is 9.77. The van der Waals surface area contributed by atoms with Gasteiger partial charge in [-0.15, -0.1) is 0 Å². The van der Waals surface area contributed by atoms with Crippen molar-refractivity contribution in [3.05, 3.63) is 0 Å². The zero-order chi connectivity index (χ0) is 13.4. The predicted octanol–water partition coefficient (Wildman–Crippen LogP) is 6.16. The Hall–Kier alpha value is 0. The summed E-state index contributed by atoms with van der Waals surface area (Å²) in [7, 11) is 0. The lowest BCUT2D eigenvalue weighted by Gasteiger charge is -2.28. The molecule has 0 nitrogen and oxygen atoms in total. The topological polar surface area (TPSA) is 0 Å². The summed E-state index contributed by atoms with van der Waals surface area (Å²) in [6.45, 7) is 16.8. The molecule has 0 aliphatic carbocycles. The van der Waals surface area contributed by atoms with Crippen LogP contribution < -0.4 is 0 Å². The van der Waals surface area contributed by atoms with Gasteiger partial charge < -0.3 is 0 Å². The van der Waals surface area contributed by atoms with E-state index in [-0.39, 0.29) is 0 Å². The maximum absolute atomic E-state index is 2.47. The van der Waals surface area contributed by atoms with E-state index in [1.807, 2.05) is 0 Å². The third-order valence-electron chi connectivity index (χ3n) is 4.55. The van der Waals surface area contributed by atoms with Gasteiger partial charge in [-0.25, -0.2) is 0 Å². The summed E-state index contributed by atoms with van der Waals surface area (Å²) < 4.78 is 0. The molecule has 0 saturated heterocycles. The van der Waals surface area contributed by atoms with Crippen molar-refractivity contribution in [1.82, 2.24) is 0 Å². The Bertz CT molecular complexity index is 171. The first-order valence-electron chi connectivity index (χ1n) is 7.88. The SMILES string of the molecule is CCCC(C)CC(C)C(C)C(C)CCC(C)C. The van der Waals surface area contributed by atoms with Crippen molar-refractivity contribution in [2.75, 3.05) is 0 Å². The van der Waals surface area contributed by atoms with Gasteiger partial charge in [0.1, 0.15) is 0 Å². The van der Waals surface area contributed by atoms with Crippen molar-refractivity contribution in [1.29, 1.82) is 0 Å². The van der Waals surface area contributed by atoms with Crippen LogP contribution in [0.15, 0.2) is 0 Å². The minimum absolute atomic E-state index is 0.860. The molecule has 104 valence electrons. The molecular formula is C17H36. The molecule has 0 rings (SSSR count). The normalized spacial score (nSPS) is 19.1. The summed E-state index contributed by atoms with van der Waals surface area (Å²) in [4.78, 5) is 0. The molecule has 0 aliphatic heterocycles. The highest BCUT2D eigenvalue weighted by Gasteiger charge is 2.20. The molecule has 0 radical (unpaired) electrons. The Balaban J connectivity index is 3.97. The second kappa shape index (κ2) is 9.00. The van der Waals surface area contributed by atoms with Gasteiger partial charge in [0.15, 0.2) is 0 Å². The van der Waals surface area contributed by atoms with Crippen LogP contribution in [0.2, 0.25) is 0 Å². The fourth-order valence-electron chi connectivity index (χ4n) is 2.88. The van der Waals surface area contributed by atoms with E-state index < -0.39 is 0 Å². The van der Waals surface area contributed by atoms with Crippen LogP contribution in [0.4, 0.5) is 0 Å². The monoisotopic (exact) mass is 240 g/mol. The summed E-state index contributed by atoms with van der Waals surface area (Å²) in [6, 6.07) is 0. The molecule has 0 aromatic heterocycles. The standard InChI is InChI=1S/C17H36/c1-8-9-14(4)12-16(6)17(7)15(5)11-10-13(2)3/h13-17H,8-12H2,1-7H3. The van der Waals surface area contributed by atoms with Crippen molar-refractivity contribution in [3.63, 3.8) is 0 Å². The van der Waals surface area contributed by atoms with Gasteiger partial charge in [-0.05, 0) is 36.0 Å². The van der Waals surface area contributed by atoms with Gasteiger partial charge in [0.05, 0.1) is 0 Å². The van der Waals surface area contributed by atoms with Crippen LogP contribution in [-0.2, 0) is 0 Å².